The summed E-state index contributed by atoms with van der Waals surface area (Å²) in [5, 5.41) is 10.1. The van der Waals surface area contributed by atoms with Gasteiger partial charge in [-0.2, -0.15) is 0 Å². The largest absolute Gasteiger partial charge is 0.374 e. The quantitative estimate of drug-likeness (QED) is 0.857. The molecule has 1 aromatic carbocycles. The summed E-state index contributed by atoms with van der Waals surface area (Å²) >= 11 is 3.38. The molecule has 1 fully saturated rings. The molecule has 1 aliphatic carbocycles. The molecule has 0 aliphatic heterocycles. The molecule has 2 N–H and O–H groups in total. The van der Waals surface area contributed by atoms with Crippen LogP contribution < -0.4 is 5.73 Å². The zero-order valence-corrected chi connectivity index (χ0v) is 14.2. The van der Waals surface area contributed by atoms with E-state index in [0.717, 1.165) is 15.8 Å². The summed E-state index contributed by atoms with van der Waals surface area (Å²) < 4.78 is 0. The van der Waals surface area contributed by atoms with Crippen LogP contribution in [0, 0.1) is 0 Å². The van der Waals surface area contributed by atoms with Gasteiger partial charge >= 0.3 is 0 Å². The highest BCUT2D eigenvalue weighted by atomic mass is 32.2. The number of nitrogens with two attached hydrogens (primary N) is 1. The lowest BCUT2D eigenvalue weighted by Crippen LogP contribution is -1.80. The van der Waals surface area contributed by atoms with Gasteiger partial charge in [-0.1, -0.05) is 51.2 Å². The topological polar surface area (TPSA) is 51.8 Å². The fourth-order valence-electron chi connectivity index (χ4n) is 1.41. The first-order valence-corrected chi connectivity index (χ1v) is 8.87. The molecular weight excluding hydrogens is 286 g/mol. The van der Waals surface area contributed by atoms with Gasteiger partial charge in [-0.3, -0.25) is 0 Å². The normalized spacial score (nSPS) is 12.8. The first-order valence-electron chi connectivity index (χ1n) is 7.17. The van der Waals surface area contributed by atoms with Crippen LogP contribution in [0.2, 0.25) is 0 Å². The van der Waals surface area contributed by atoms with Crippen LogP contribution in [0.15, 0.2) is 29.2 Å². The first-order chi connectivity index (χ1) is 9.81. The lowest BCUT2D eigenvalue weighted by Gasteiger charge is -2.00. The molecular formula is C15H23N3S2. The van der Waals surface area contributed by atoms with Crippen molar-refractivity contribution in [1.29, 1.82) is 0 Å². The van der Waals surface area contributed by atoms with Crippen molar-refractivity contribution in [2.45, 2.75) is 50.7 Å². The molecule has 0 atom stereocenters. The third-order valence-corrected chi connectivity index (χ3v) is 4.52. The lowest BCUT2D eigenvalue weighted by molar-refractivity contribution is 1.10. The second-order valence-electron chi connectivity index (χ2n) is 3.79. The zero-order chi connectivity index (χ0) is 15.0. The van der Waals surface area contributed by atoms with Crippen LogP contribution in [0.5, 0.6) is 0 Å². The van der Waals surface area contributed by atoms with E-state index in [1.807, 2.05) is 39.5 Å². The molecule has 1 aromatic heterocycles. The summed E-state index contributed by atoms with van der Waals surface area (Å²) in [7, 11) is 0. The molecule has 0 spiro atoms. The average Bonchev–Trinajstić information content (AvgIpc) is 3.22. The molecule has 3 rings (SSSR count). The molecule has 0 radical (unpaired) electrons. The summed E-state index contributed by atoms with van der Waals surface area (Å²) in [5.74, 6) is 0. The second kappa shape index (κ2) is 8.97. The van der Waals surface area contributed by atoms with Crippen LogP contribution >= 0.6 is 23.1 Å². The van der Waals surface area contributed by atoms with E-state index in [1.54, 1.807) is 0 Å². The van der Waals surface area contributed by atoms with Crippen molar-refractivity contribution in [3.05, 3.63) is 24.3 Å². The van der Waals surface area contributed by atoms with Gasteiger partial charge in [-0.05, 0) is 25.0 Å². The van der Waals surface area contributed by atoms with Crippen LogP contribution in [-0.2, 0) is 0 Å². The number of anilines is 1. The van der Waals surface area contributed by atoms with E-state index in [1.165, 1.54) is 29.1 Å². The van der Waals surface area contributed by atoms with Crippen LogP contribution in [0.25, 0.3) is 10.6 Å². The summed E-state index contributed by atoms with van der Waals surface area (Å²) in [6.07, 6.45) is 2.72. The Morgan fingerprint density at radius 2 is 1.65 bits per heavy atom. The molecule has 1 saturated carbocycles. The van der Waals surface area contributed by atoms with Crippen LogP contribution in [0.1, 0.15) is 40.5 Å². The number of rotatable bonds is 3. The van der Waals surface area contributed by atoms with E-state index in [-0.39, 0.29) is 0 Å². The molecule has 0 amide bonds. The standard InChI is InChI=1S/C11H11N3S2.2C2H6/c12-11-14-13-10(16-11)7-1-3-8(4-2-7)15-9-5-6-9;2*1-2/h1-4,9H,5-6H2,(H2,12,14);2*1-2H3. The smallest absolute Gasteiger partial charge is 0.203 e. The third kappa shape index (κ3) is 5.13. The van der Waals surface area contributed by atoms with Gasteiger partial charge in [0.05, 0.1) is 0 Å². The van der Waals surface area contributed by atoms with Crippen molar-refractivity contribution in [3.8, 4) is 10.6 Å². The van der Waals surface area contributed by atoms with Crippen molar-refractivity contribution in [1.82, 2.24) is 10.2 Å². The predicted octanol–water partition coefficient (Wildman–Crippen LogP) is 5.09. The fraction of sp³-hybridized carbons (Fsp3) is 0.467. The summed E-state index contributed by atoms with van der Waals surface area (Å²) in [5.41, 5.74) is 6.65. The molecule has 20 heavy (non-hydrogen) atoms. The maximum atomic E-state index is 5.56. The molecule has 2 aromatic rings. The Bertz CT molecular complexity index is 490. The van der Waals surface area contributed by atoms with Crippen molar-refractivity contribution in [3.63, 3.8) is 0 Å². The van der Waals surface area contributed by atoms with E-state index in [0.29, 0.717) is 5.13 Å². The summed E-state index contributed by atoms with van der Waals surface area (Å²) in [6.45, 7) is 8.00. The van der Waals surface area contributed by atoms with Gasteiger partial charge in [0.2, 0.25) is 5.13 Å². The van der Waals surface area contributed by atoms with Crippen molar-refractivity contribution in [2.75, 3.05) is 5.73 Å². The fourth-order valence-corrected chi connectivity index (χ4v) is 3.07. The number of hydrogen-bond acceptors (Lipinski definition) is 5. The van der Waals surface area contributed by atoms with Crippen LogP contribution in [0.4, 0.5) is 5.13 Å². The van der Waals surface area contributed by atoms with Crippen LogP contribution in [-0.4, -0.2) is 15.4 Å². The van der Waals surface area contributed by atoms with E-state index >= 15 is 0 Å². The highest BCUT2D eigenvalue weighted by Crippen LogP contribution is 2.39. The molecule has 5 heteroatoms. The predicted molar refractivity (Wildman–Crippen MR) is 91.3 cm³/mol. The minimum absolute atomic E-state index is 0.520. The molecule has 3 nitrogen and oxygen atoms in total. The highest BCUT2D eigenvalue weighted by molar-refractivity contribution is 8.00. The third-order valence-electron chi connectivity index (χ3n) is 2.37. The molecule has 0 bridgehead atoms. The average molecular weight is 310 g/mol. The minimum atomic E-state index is 0.520. The van der Waals surface area contributed by atoms with Gasteiger partial charge in [0.15, 0.2) is 0 Å². The summed E-state index contributed by atoms with van der Waals surface area (Å²) in [6, 6.07) is 8.47. The number of thioether (sulfide) groups is 1. The molecule has 110 valence electrons. The maximum absolute atomic E-state index is 5.56. The minimum Gasteiger partial charge on any atom is -0.374 e. The summed E-state index contributed by atoms with van der Waals surface area (Å²) in [4.78, 5) is 1.34. The van der Waals surface area contributed by atoms with Gasteiger partial charge in [0.25, 0.3) is 0 Å². The van der Waals surface area contributed by atoms with Crippen molar-refractivity contribution >= 4 is 28.2 Å². The number of aromatic nitrogens is 2. The monoisotopic (exact) mass is 309 g/mol. The Kier molecular flexibility index (Phi) is 7.62. The van der Waals surface area contributed by atoms with Crippen molar-refractivity contribution < 1.29 is 0 Å². The highest BCUT2D eigenvalue weighted by Gasteiger charge is 2.22. The van der Waals surface area contributed by atoms with Crippen LogP contribution in [0.3, 0.4) is 0 Å². The van der Waals surface area contributed by atoms with E-state index in [2.05, 4.69) is 34.5 Å². The Morgan fingerprint density at radius 1 is 1.05 bits per heavy atom. The Balaban J connectivity index is 0.000000461. The van der Waals surface area contributed by atoms with E-state index < -0.39 is 0 Å². The number of nitrogen functional groups attached to an aromatic ring is 1. The Morgan fingerprint density at radius 3 is 2.10 bits per heavy atom. The van der Waals surface area contributed by atoms with Gasteiger partial charge < -0.3 is 5.73 Å². The number of benzene rings is 1. The van der Waals surface area contributed by atoms with Gasteiger partial charge in [0, 0.05) is 15.7 Å². The molecule has 1 aliphatic rings. The second-order valence-corrected chi connectivity index (χ2v) is 6.17. The molecule has 1 heterocycles. The Hall–Kier alpha value is -1.07. The zero-order valence-electron chi connectivity index (χ0n) is 12.6. The first kappa shape index (κ1) is 17.0. The van der Waals surface area contributed by atoms with Crippen molar-refractivity contribution in [2.24, 2.45) is 0 Å². The van der Waals surface area contributed by atoms with E-state index in [9.17, 15) is 0 Å². The van der Waals surface area contributed by atoms with E-state index in [4.69, 9.17) is 5.73 Å². The SMILES string of the molecule is CC.CC.Nc1nnc(-c2ccc(SC3CC3)cc2)s1. The maximum Gasteiger partial charge on any atom is 0.203 e. The number of hydrogen-bond donors (Lipinski definition) is 1. The number of nitrogens with zero attached hydrogens (tertiary/aromatic N) is 2. The lowest BCUT2D eigenvalue weighted by atomic mass is 10.2. The van der Waals surface area contributed by atoms with Gasteiger partial charge in [-0.15, -0.1) is 22.0 Å². The Labute approximate surface area is 130 Å². The molecule has 0 unspecified atom stereocenters. The molecule has 0 saturated heterocycles. The van der Waals surface area contributed by atoms with Gasteiger partial charge in [0.1, 0.15) is 5.01 Å². The van der Waals surface area contributed by atoms with Gasteiger partial charge in [-0.25, -0.2) is 0 Å².